The van der Waals surface area contributed by atoms with E-state index in [4.69, 9.17) is 9.84 Å². The molecule has 0 saturated carbocycles. The Morgan fingerprint density at radius 1 is 1.40 bits per heavy atom. The highest BCUT2D eigenvalue weighted by Crippen LogP contribution is 2.21. The van der Waals surface area contributed by atoms with Gasteiger partial charge in [-0.05, 0) is 52.3 Å². The van der Waals surface area contributed by atoms with Gasteiger partial charge in [-0.25, -0.2) is 14.0 Å². The second kappa shape index (κ2) is 7.82. The van der Waals surface area contributed by atoms with Crippen LogP contribution in [-0.4, -0.2) is 46.8 Å². The third-order valence-electron chi connectivity index (χ3n) is 4.05. The first kappa shape index (κ1) is 19.2. The summed E-state index contributed by atoms with van der Waals surface area (Å²) in [5.41, 5.74) is -0.158. The number of ether oxygens (including phenoxy) is 1. The van der Waals surface area contributed by atoms with E-state index >= 15 is 0 Å². The molecule has 6 nitrogen and oxygen atoms in total. The Morgan fingerprint density at radius 2 is 2.12 bits per heavy atom. The van der Waals surface area contributed by atoms with Crippen molar-refractivity contribution >= 4 is 12.1 Å². The van der Waals surface area contributed by atoms with Gasteiger partial charge in [0.2, 0.25) is 0 Å². The molecule has 1 heterocycles. The third kappa shape index (κ3) is 5.70. The van der Waals surface area contributed by atoms with Crippen LogP contribution in [0, 0.1) is 5.82 Å². The first-order valence-corrected chi connectivity index (χ1v) is 8.38. The van der Waals surface area contributed by atoms with Crippen molar-refractivity contribution in [2.24, 2.45) is 0 Å². The summed E-state index contributed by atoms with van der Waals surface area (Å²) in [6.07, 6.45) is 1.41. The van der Waals surface area contributed by atoms with E-state index < -0.39 is 23.5 Å². The first-order valence-electron chi connectivity index (χ1n) is 8.38. The molecule has 1 aliphatic rings. The molecule has 7 heteroatoms. The molecule has 0 aliphatic carbocycles. The van der Waals surface area contributed by atoms with Crippen LogP contribution in [0.3, 0.4) is 0 Å². The van der Waals surface area contributed by atoms with Gasteiger partial charge in [0.15, 0.2) is 0 Å². The van der Waals surface area contributed by atoms with Crippen LogP contribution in [0.4, 0.5) is 9.18 Å². The van der Waals surface area contributed by atoms with Crippen LogP contribution < -0.4 is 5.32 Å². The van der Waals surface area contributed by atoms with Gasteiger partial charge in [-0.3, -0.25) is 4.90 Å². The van der Waals surface area contributed by atoms with Gasteiger partial charge in [0.1, 0.15) is 11.4 Å². The number of halogens is 1. The van der Waals surface area contributed by atoms with E-state index in [1.54, 1.807) is 20.8 Å². The van der Waals surface area contributed by atoms with Crippen LogP contribution in [-0.2, 0) is 11.3 Å². The molecule has 0 spiro atoms. The molecule has 1 aliphatic heterocycles. The van der Waals surface area contributed by atoms with Gasteiger partial charge >= 0.3 is 12.1 Å². The maximum absolute atomic E-state index is 14.1. The highest BCUT2D eigenvalue weighted by atomic mass is 19.1. The predicted octanol–water partition coefficient (Wildman–Crippen LogP) is 3.01. The van der Waals surface area contributed by atoms with Gasteiger partial charge in [-0.2, -0.15) is 0 Å². The van der Waals surface area contributed by atoms with Crippen molar-refractivity contribution in [2.45, 2.75) is 51.8 Å². The molecule has 1 aromatic rings. The average Bonchev–Trinajstić information content (AvgIpc) is 2.92. The number of aromatic carboxylic acids is 1. The van der Waals surface area contributed by atoms with Crippen LogP contribution in [0.5, 0.6) is 0 Å². The summed E-state index contributed by atoms with van der Waals surface area (Å²) in [5.74, 6) is -1.67. The Kier molecular flexibility index (Phi) is 6.00. The molecule has 1 aromatic carbocycles. The fourth-order valence-corrected chi connectivity index (χ4v) is 2.88. The van der Waals surface area contributed by atoms with Gasteiger partial charge < -0.3 is 15.2 Å². The number of carboxylic acids is 1. The number of hydrogen-bond donors (Lipinski definition) is 2. The number of nitrogens with zero attached hydrogens (tertiary/aromatic N) is 1. The maximum atomic E-state index is 14.1. The number of rotatable bonds is 5. The zero-order valence-corrected chi connectivity index (χ0v) is 14.8. The molecule has 0 radical (unpaired) electrons. The molecule has 25 heavy (non-hydrogen) atoms. The number of carbonyl (C=O) groups excluding carboxylic acids is 1. The fourth-order valence-electron chi connectivity index (χ4n) is 2.88. The van der Waals surface area contributed by atoms with Crippen molar-refractivity contribution in [1.82, 2.24) is 10.2 Å². The maximum Gasteiger partial charge on any atom is 0.407 e. The van der Waals surface area contributed by atoms with Crippen LogP contribution in [0.15, 0.2) is 18.2 Å². The van der Waals surface area contributed by atoms with E-state index in [2.05, 4.69) is 10.2 Å². The number of alkyl carbamates (subject to hydrolysis) is 1. The largest absolute Gasteiger partial charge is 0.478 e. The molecule has 0 unspecified atom stereocenters. The normalized spacial score (nSPS) is 18.2. The van der Waals surface area contributed by atoms with E-state index in [-0.39, 0.29) is 11.6 Å². The van der Waals surface area contributed by atoms with Crippen LogP contribution in [0.25, 0.3) is 0 Å². The minimum absolute atomic E-state index is 0.0641. The Hall–Kier alpha value is -2.15. The summed E-state index contributed by atoms with van der Waals surface area (Å²) in [7, 11) is 0. The van der Waals surface area contributed by atoms with Gasteiger partial charge in [0, 0.05) is 24.7 Å². The number of nitrogens with one attached hydrogen (secondary N) is 1. The van der Waals surface area contributed by atoms with Crippen molar-refractivity contribution in [3.63, 3.8) is 0 Å². The quantitative estimate of drug-likeness (QED) is 0.852. The third-order valence-corrected chi connectivity index (χ3v) is 4.05. The number of carbonyl (C=O) groups is 2. The lowest BCUT2D eigenvalue weighted by molar-refractivity contribution is 0.0512. The Labute approximate surface area is 147 Å². The molecule has 0 aromatic heterocycles. The van der Waals surface area contributed by atoms with E-state index in [1.165, 1.54) is 12.1 Å². The Balaban J connectivity index is 1.93. The summed E-state index contributed by atoms with van der Waals surface area (Å²) in [4.78, 5) is 24.7. The zero-order chi connectivity index (χ0) is 18.6. The van der Waals surface area contributed by atoms with Gasteiger partial charge in [-0.1, -0.05) is 6.07 Å². The molecular formula is C18H25FN2O4. The van der Waals surface area contributed by atoms with E-state index in [1.807, 2.05) is 0 Å². The topological polar surface area (TPSA) is 78.9 Å². The van der Waals surface area contributed by atoms with E-state index in [0.29, 0.717) is 18.7 Å². The van der Waals surface area contributed by atoms with Crippen molar-refractivity contribution < 1.29 is 23.8 Å². The monoisotopic (exact) mass is 352 g/mol. The fraction of sp³-hybridized carbons (Fsp3) is 0.556. The molecule has 0 bridgehead atoms. The lowest BCUT2D eigenvalue weighted by atomic mass is 10.1. The van der Waals surface area contributed by atoms with Crippen LogP contribution in [0.1, 0.15) is 49.5 Å². The van der Waals surface area contributed by atoms with Gasteiger partial charge in [0.25, 0.3) is 0 Å². The van der Waals surface area contributed by atoms with Gasteiger partial charge in [0.05, 0.1) is 5.56 Å². The molecule has 2 rings (SSSR count). The summed E-state index contributed by atoms with van der Waals surface area (Å²) < 4.78 is 19.3. The molecule has 1 atom stereocenters. The molecule has 1 saturated heterocycles. The lowest BCUT2D eigenvalue weighted by Gasteiger charge is -2.26. The van der Waals surface area contributed by atoms with Crippen LogP contribution in [0.2, 0.25) is 0 Å². The zero-order valence-electron chi connectivity index (χ0n) is 14.8. The number of amides is 1. The highest BCUT2D eigenvalue weighted by Gasteiger charge is 2.26. The predicted molar refractivity (Wildman–Crippen MR) is 91.0 cm³/mol. The summed E-state index contributed by atoms with van der Waals surface area (Å²) in [6, 6.07) is 4.06. The Bertz CT molecular complexity index is 642. The average molecular weight is 352 g/mol. The molecule has 1 fully saturated rings. The second-order valence-electron chi connectivity index (χ2n) is 7.26. The van der Waals surface area contributed by atoms with Crippen LogP contribution >= 0.6 is 0 Å². The number of benzene rings is 1. The molecule has 1 amide bonds. The number of carboxylic acid groups (broad SMARTS) is 1. The van der Waals surface area contributed by atoms with Crippen molar-refractivity contribution in [3.05, 3.63) is 35.1 Å². The number of hydrogen-bond acceptors (Lipinski definition) is 4. The summed E-state index contributed by atoms with van der Waals surface area (Å²) >= 11 is 0. The molecule has 138 valence electrons. The SMILES string of the molecule is CC(C)(C)OC(=O)NC[C@@H]1CCCN1Cc1ccc(C(=O)O)cc1F. The van der Waals surface area contributed by atoms with Crippen molar-refractivity contribution in [1.29, 1.82) is 0 Å². The highest BCUT2D eigenvalue weighted by molar-refractivity contribution is 5.87. The first-order chi connectivity index (χ1) is 11.7. The molecular weight excluding hydrogens is 327 g/mol. The smallest absolute Gasteiger partial charge is 0.407 e. The van der Waals surface area contributed by atoms with E-state index in [9.17, 15) is 14.0 Å². The minimum atomic E-state index is -1.15. The summed E-state index contributed by atoms with van der Waals surface area (Å²) in [6.45, 7) is 7.03. The van der Waals surface area contributed by atoms with Crippen molar-refractivity contribution in [3.8, 4) is 0 Å². The Morgan fingerprint density at radius 3 is 2.72 bits per heavy atom. The second-order valence-corrected chi connectivity index (χ2v) is 7.26. The standard InChI is InChI=1S/C18H25FN2O4/c1-18(2,3)25-17(24)20-10-14-5-4-8-21(14)11-13-7-6-12(16(22)23)9-15(13)19/h6-7,9,14H,4-5,8,10-11H2,1-3H3,(H,20,24)(H,22,23)/t14-/m0/s1. The lowest BCUT2D eigenvalue weighted by Crippen LogP contribution is -2.41. The van der Waals surface area contributed by atoms with E-state index in [0.717, 1.165) is 25.5 Å². The van der Waals surface area contributed by atoms with Gasteiger partial charge in [-0.15, -0.1) is 0 Å². The summed E-state index contributed by atoms with van der Waals surface area (Å²) in [5, 5.41) is 11.7. The number of likely N-dealkylation sites (tertiary alicyclic amines) is 1. The minimum Gasteiger partial charge on any atom is -0.478 e. The molecule has 2 N–H and O–H groups in total. The van der Waals surface area contributed by atoms with Crippen molar-refractivity contribution in [2.75, 3.05) is 13.1 Å².